The van der Waals surface area contributed by atoms with Gasteiger partial charge in [-0.25, -0.2) is 0 Å². The van der Waals surface area contributed by atoms with Gasteiger partial charge in [0.2, 0.25) is 5.91 Å². The second kappa shape index (κ2) is 9.16. The van der Waals surface area contributed by atoms with Gasteiger partial charge in [-0.05, 0) is 41.9 Å². The van der Waals surface area contributed by atoms with Crippen molar-refractivity contribution in [2.75, 3.05) is 32.7 Å². The summed E-state index contributed by atoms with van der Waals surface area (Å²) in [6, 6.07) is 10.6. The highest BCUT2D eigenvalue weighted by Crippen LogP contribution is 2.37. The van der Waals surface area contributed by atoms with Gasteiger partial charge in [0.15, 0.2) is 0 Å². The topological polar surface area (TPSA) is 39.3 Å². The van der Waals surface area contributed by atoms with Gasteiger partial charge in [-0.15, -0.1) is 0 Å². The summed E-state index contributed by atoms with van der Waals surface area (Å²) in [5.41, 5.74) is 1.33. The number of piperazine rings is 1. The lowest BCUT2D eigenvalue weighted by Crippen LogP contribution is -2.48. The number of aromatic amines is 1. The number of rotatable bonds is 5. The lowest BCUT2D eigenvalue weighted by atomic mass is 9.87. The van der Waals surface area contributed by atoms with Crippen molar-refractivity contribution in [1.29, 1.82) is 0 Å². The van der Waals surface area contributed by atoms with Gasteiger partial charge >= 0.3 is 6.18 Å². The molecule has 0 unspecified atom stereocenters. The van der Waals surface area contributed by atoms with Gasteiger partial charge in [0.1, 0.15) is 0 Å². The number of halogens is 4. The van der Waals surface area contributed by atoms with Crippen LogP contribution in [0.1, 0.15) is 36.0 Å². The molecule has 1 amide bonds. The molecular weight excluding hydrogens is 439 g/mol. The number of carbonyl (C=O) groups excluding carboxylic acids is 1. The normalized spacial score (nSPS) is 16.5. The largest absolute Gasteiger partial charge is 0.416 e. The highest BCUT2D eigenvalue weighted by Gasteiger charge is 2.32. The van der Waals surface area contributed by atoms with E-state index in [0.717, 1.165) is 48.2 Å². The van der Waals surface area contributed by atoms with E-state index in [4.69, 9.17) is 11.6 Å². The number of aromatic nitrogens is 1. The Bertz CT molecular complexity index is 1100. The van der Waals surface area contributed by atoms with E-state index in [1.165, 1.54) is 6.07 Å². The third-order valence-corrected chi connectivity index (χ3v) is 6.45. The summed E-state index contributed by atoms with van der Waals surface area (Å²) in [5, 5.41) is 1.34. The summed E-state index contributed by atoms with van der Waals surface area (Å²) in [6.45, 7) is 5.88. The molecule has 8 heteroatoms. The number of benzene rings is 2. The third-order valence-electron chi connectivity index (χ3n) is 6.22. The number of amides is 1. The number of hydrogen-bond acceptors (Lipinski definition) is 2. The molecule has 1 aliphatic heterocycles. The number of likely N-dealkylation sites (N-methyl/N-ethyl adjacent to an activating group) is 1. The minimum Gasteiger partial charge on any atom is -0.361 e. The monoisotopic (exact) mass is 463 g/mol. The van der Waals surface area contributed by atoms with E-state index in [1.807, 2.05) is 11.0 Å². The first kappa shape index (κ1) is 22.7. The number of hydrogen-bond donors (Lipinski definition) is 1. The minimum atomic E-state index is -4.45. The van der Waals surface area contributed by atoms with Gasteiger partial charge < -0.3 is 14.8 Å². The Hall–Kier alpha value is -2.51. The van der Waals surface area contributed by atoms with Crippen molar-refractivity contribution in [3.05, 3.63) is 70.4 Å². The van der Waals surface area contributed by atoms with Crippen LogP contribution in [-0.4, -0.2) is 53.4 Å². The minimum absolute atomic E-state index is 0.0560. The third kappa shape index (κ3) is 4.79. The highest BCUT2D eigenvalue weighted by atomic mass is 35.5. The van der Waals surface area contributed by atoms with Crippen LogP contribution >= 0.6 is 11.6 Å². The van der Waals surface area contributed by atoms with E-state index in [2.05, 4.69) is 16.8 Å². The molecule has 170 valence electrons. The van der Waals surface area contributed by atoms with Gasteiger partial charge in [0.25, 0.3) is 0 Å². The molecule has 4 nitrogen and oxygen atoms in total. The molecule has 0 radical (unpaired) electrons. The lowest BCUT2D eigenvalue weighted by Gasteiger charge is -2.35. The summed E-state index contributed by atoms with van der Waals surface area (Å²) in [7, 11) is 0. The average Bonchev–Trinajstić information content (AvgIpc) is 3.19. The lowest BCUT2D eigenvalue weighted by molar-refractivity contribution is -0.137. The van der Waals surface area contributed by atoms with Crippen molar-refractivity contribution in [2.45, 2.75) is 25.4 Å². The predicted octanol–water partition coefficient (Wildman–Crippen LogP) is 5.53. The summed E-state index contributed by atoms with van der Waals surface area (Å²) < 4.78 is 40.2. The van der Waals surface area contributed by atoms with Crippen molar-refractivity contribution in [3.63, 3.8) is 0 Å². The number of nitrogens with one attached hydrogen (secondary N) is 1. The van der Waals surface area contributed by atoms with Crippen molar-refractivity contribution in [3.8, 4) is 0 Å². The number of H-pyrrole nitrogens is 1. The van der Waals surface area contributed by atoms with Crippen LogP contribution in [0.4, 0.5) is 13.2 Å². The van der Waals surface area contributed by atoms with E-state index in [1.54, 1.807) is 24.4 Å². The van der Waals surface area contributed by atoms with Crippen LogP contribution in [0.3, 0.4) is 0 Å². The predicted molar refractivity (Wildman–Crippen MR) is 120 cm³/mol. The van der Waals surface area contributed by atoms with Crippen LogP contribution in [0.2, 0.25) is 5.02 Å². The molecule has 1 N–H and O–H groups in total. The maximum absolute atomic E-state index is 13.4. The zero-order valence-electron chi connectivity index (χ0n) is 17.8. The van der Waals surface area contributed by atoms with Gasteiger partial charge in [0.05, 0.1) is 5.56 Å². The van der Waals surface area contributed by atoms with Crippen molar-refractivity contribution >= 4 is 28.4 Å². The van der Waals surface area contributed by atoms with Gasteiger partial charge in [-0.1, -0.05) is 36.7 Å². The highest BCUT2D eigenvalue weighted by molar-refractivity contribution is 6.31. The molecule has 1 aliphatic rings. The molecule has 1 fully saturated rings. The molecule has 4 rings (SSSR count). The standard InChI is InChI=1S/C24H25ClF3N3O/c1-2-30-8-10-31(11-9-30)23(32)14-19(16-4-3-5-17(12-16)24(26,27)28)21-15-29-22-7-6-18(25)13-20(21)22/h3-7,12-13,15,19,29H,2,8-11,14H2,1H3/t19-/m0/s1. The number of nitrogens with zero attached hydrogens (tertiary/aromatic N) is 2. The first-order chi connectivity index (χ1) is 15.3. The molecule has 0 aliphatic carbocycles. The van der Waals surface area contributed by atoms with Gasteiger partial charge in [-0.3, -0.25) is 4.79 Å². The summed E-state index contributed by atoms with van der Waals surface area (Å²) in [4.78, 5) is 20.5. The molecular formula is C24H25ClF3N3O. The fourth-order valence-electron chi connectivity index (χ4n) is 4.36. The van der Waals surface area contributed by atoms with Crippen LogP contribution in [0.25, 0.3) is 10.9 Å². The Morgan fingerprint density at radius 2 is 1.88 bits per heavy atom. The Morgan fingerprint density at radius 3 is 2.56 bits per heavy atom. The van der Waals surface area contributed by atoms with Gasteiger partial charge in [0, 0.05) is 60.6 Å². The van der Waals surface area contributed by atoms with E-state index >= 15 is 0 Å². The van der Waals surface area contributed by atoms with Crippen molar-refractivity contribution < 1.29 is 18.0 Å². The molecule has 32 heavy (non-hydrogen) atoms. The molecule has 0 bridgehead atoms. The summed E-state index contributed by atoms with van der Waals surface area (Å²) in [6.07, 6.45) is -2.59. The maximum Gasteiger partial charge on any atom is 0.416 e. The first-order valence-corrected chi connectivity index (χ1v) is 11.1. The van der Waals surface area contributed by atoms with E-state index in [9.17, 15) is 18.0 Å². The number of alkyl halides is 3. The van der Waals surface area contributed by atoms with Crippen LogP contribution in [-0.2, 0) is 11.0 Å². The summed E-state index contributed by atoms with van der Waals surface area (Å²) in [5.74, 6) is -0.583. The molecule has 3 aromatic rings. The quantitative estimate of drug-likeness (QED) is 0.540. The van der Waals surface area contributed by atoms with E-state index in [0.29, 0.717) is 23.7 Å². The number of fused-ring (bicyclic) bond motifs is 1. The second-order valence-electron chi connectivity index (χ2n) is 8.13. The Morgan fingerprint density at radius 1 is 1.12 bits per heavy atom. The molecule has 1 saturated heterocycles. The van der Waals surface area contributed by atoms with E-state index < -0.39 is 17.7 Å². The van der Waals surface area contributed by atoms with Crippen LogP contribution in [0, 0.1) is 0 Å². The Balaban J connectivity index is 1.70. The smallest absolute Gasteiger partial charge is 0.361 e. The zero-order valence-corrected chi connectivity index (χ0v) is 18.5. The molecule has 2 heterocycles. The van der Waals surface area contributed by atoms with Crippen LogP contribution < -0.4 is 0 Å². The van der Waals surface area contributed by atoms with Crippen LogP contribution in [0.5, 0.6) is 0 Å². The van der Waals surface area contributed by atoms with Crippen molar-refractivity contribution in [1.82, 2.24) is 14.8 Å². The first-order valence-electron chi connectivity index (χ1n) is 10.7. The average molecular weight is 464 g/mol. The Kier molecular flexibility index (Phi) is 6.49. The fraction of sp³-hybridized carbons (Fsp3) is 0.375. The van der Waals surface area contributed by atoms with Crippen molar-refractivity contribution in [2.24, 2.45) is 0 Å². The molecule has 0 spiro atoms. The number of carbonyl (C=O) groups is 1. The summed E-state index contributed by atoms with van der Waals surface area (Å²) >= 11 is 6.20. The van der Waals surface area contributed by atoms with Crippen LogP contribution in [0.15, 0.2) is 48.7 Å². The SMILES string of the molecule is CCN1CCN(C(=O)C[C@@H](c2cccc(C(F)(F)F)c2)c2c[nH]c3ccc(Cl)cc23)CC1. The maximum atomic E-state index is 13.4. The second-order valence-corrected chi connectivity index (χ2v) is 8.57. The molecule has 0 saturated carbocycles. The molecule has 1 atom stereocenters. The molecule has 2 aromatic carbocycles. The van der Waals surface area contributed by atoms with Gasteiger partial charge in [-0.2, -0.15) is 13.2 Å². The van der Waals surface area contributed by atoms with E-state index in [-0.39, 0.29) is 12.3 Å². The fourth-order valence-corrected chi connectivity index (χ4v) is 4.53. The zero-order chi connectivity index (χ0) is 22.9. The Labute approximate surface area is 190 Å². The molecule has 1 aromatic heterocycles.